The highest BCUT2D eigenvalue weighted by atomic mass is 32.2. The van der Waals surface area contributed by atoms with Gasteiger partial charge in [0.25, 0.3) is 10.1 Å². The Labute approximate surface area is 164 Å². The van der Waals surface area contributed by atoms with Gasteiger partial charge >= 0.3 is 0 Å². The lowest BCUT2D eigenvalue weighted by atomic mass is 9.71. The minimum atomic E-state index is -4.02. The first-order valence-corrected chi connectivity index (χ1v) is 10.8. The summed E-state index contributed by atoms with van der Waals surface area (Å²) in [4.78, 5) is -0.0666. The molecule has 1 saturated carbocycles. The Hall–Kier alpha value is -1.83. The summed E-state index contributed by atoms with van der Waals surface area (Å²) in [5.74, 6) is 0.650. The Morgan fingerprint density at radius 3 is 1.82 bits per heavy atom. The molecular weight excluding hydrogens is 384 g/mol. The van der Waals surface area contributed by atoms with E-state index in [9.17, 15) is 17.2 Å². The minimum Gasteiger partial charge on any atom is -0.315 e. The number of nitrogens with one attached hydrogen (secondary N) is 1. The van der Waals surface area contributed by atoms with Crippen LogP contribution in [0.3, 0.4) is 0 Å². The van der Waals surface area contributed by atoms with Crippen LogP contribution >= 0.6 is 0 Å². The fraction of sp³-hybridized carbons (Fsp3) is 0.429. The molecule has 2 aromatic rings. The minimum absolute atomic E-state index is 0.0666. The Morgan fingerprint density at radius 2 is 1.43 bits per heavy atom. The van der Waals surface area contributed by atoms with Gasteiger partial charge in [-0.05, 0) is 48.9 Å². The van der Waals surface area contributed by atoms with E-state index in [1.54, 1.807) is 12.1 Å². The largest absolute Gasteiger partial charge is 0.315 e. The second kappa shape index (κ2) is 8.68. The van der Waals surface area contributed by atoms with Crippen molar-refractivity contribution < 1.29 is 21.8 Å². The van der Waals surface area contributed by atoms with Gasteiger partial charge in [-0.15, -0.1) is 0 Å². The number of hydrogen-bond acceptors (Lipinski definition) is 3. The van der Waals surface area contributed by atoms with Gasteiger partial charge in [-0.1, -0.05) is 42.0 Å². The van der Waals surface area contributed by atoms with Crippen molar-refractivity contribution >= 4 is 10.1 Å². The smallest absolute Gasteiger partial charge is 0.294 e. The molecule has 0 unspecified atom stereocenters. The van der Waals surface area contributed by atoms with Gasteiger partial charge in [0.15, 0.2) is 0 Å². The Morgan fingerprint density at radius 1 is 0.929 bits per heavy atom. The highest BCUT2D eigenvalue weighted by Gasteiger charge is 2.36. The molecule has 2 N–H and O–H groups in total. The fourth-order valence-electron chi connectivity index (χ4n) is 3.41. The number of benzene rings is 2. The topological polar surface area (TPSA) is 66.4 Å². The second-order valence-corrected chi connectivity index (χ2v) is 8.99. The first-order valence-electron chi connectivity index (χ1n) is 9.37. The van der Waals surface area contributed by atoms with E-state index in [0.717, 1.165) is 18.7 Å². The maximum Gasteiger partial charge on any atom is 0.294 e. The maximum atomic E-state index is 12.4. The van der Waals surface area contributed by atoms with E-state index in [1.165, 1.54) is 23.3 Å². The molecule has 0 atom stereocenters. The standard InChI is InChI=1S/C14H17F2N.C7H8O3S/c15-14(16)12-5-11(6-12)9-1-3-10(4-2-9)13-7-17-8-13;1-6-2-4-7(5-3-6)11(8,9)10/h1-4,11-14,17H,5-8H2;2-5H,1H3,(H,8,9,10). The Bertz CT molecular complexity index is 873. The molecule has 0 amide bonds. The monoisotopic (exact) mass is 409 g/mol. The van der Waals surface area contributed by atoms with Crippen LogP contribution in [-0.4, -0.2) is 32.5 Å². The highest BCUT2D eigenvalue weighted by molar-refractivity contribution is 7.85. The van der Waals surface area contributed by atoms with E-state index >= 15 is 0 Å². The summed E-state index contributed by atoms with van der Waals surface area (Å²) < 4.78 is 54.3. The first kappa shape index (κ1) is 20.9. The van der Waals surface area contributed by atoms with Crippen molar-refractivity contribution in [2.75, 3.05) is 13.1 Å². The van der Waals surface area contributed by atoms with Crippen LogP contribution in [0.5, 0.6) is 0 Å². The summed E-state index contributed by atoms with van der Waals surface area (Å²) in [5.41, 5.74) is 3.56. The van der Waals surface area contributed by atoms with E-state index < -0.39 is 16.5 Å². The molecule has 0 bridgehead atoms. The fourth-order valence-corrected chi connectivity index (χ4v) is 3.89. The van der Waals surface area contributed by atoms with Crippen molar-refractivity contribution in [2.24, 2.45) is 5.92 Å². The number of rotatable bonds is 4. The van der Waals surface area contributed by atoms with Gasteiger partial charge in [0.1, 0.15) is 0 Å². The average Bonchev–Trinajstić information content (AvgIpc) is 2.53. The van der Waals surface area contributed by atoms with Crippen LogP contribution in [0.4, 0.5) is 8.78 Å². The predicted molar refractivity (Wildman–Crippen MR) is 105 cm³/mol. The molecular formula is C21H25F2NO3S. The van der Waals surface area contributed by atoms with Crippen molar-refractivity contribution in [1.82, 2.24) is 5.32 Å². The maximum absolute atomic E-state index is 12.4. The molecule has 1 aliphatic carbocycles. The van der Waals surface area contributed by atoms with Crippen molar-refractivity contribution in [1.29, 1.82) is 0 Å². The van der Waals surface area contributed by atoms with E-state index in [1.807, 2.05) is 6.92 Å². The summed E-state index contributed by atoms with van der Waals surface area (Å²) >= 11 is 0. The average molecular weight is 409 g/mol. The third-order valence-electron chi connectivity index (χ3n) is 5.51. The van der Waals surface area contributed by atoms with E-state index in [-0.39, 0.29) is 10.8 Å². The Balaban J connectivity index is 0.000000178. The molecule has 2 aromatic carbocycles. The van der Waals surface area contributed by atoms with Crippen LogP contribution in [0.1, 0.15) is 41.4 Å². The van der Waals surface area contributed by atoms with E-state index in [0.29, 0.717) is 24.7 Å². The molecule has 0 radical (unpaired) electrons. The van der Waals surface area contributed by atoms with Crippen molar-refractivity contribution in [2.45, 2.75) is 42.9 Å². The van der Waals surface area contributed by atoms with Gasteiger partial charge in [0, 0.05) is 24.9 Å². The number of hydrogen-bond donors (Lipinski definition) is 2. The summed E-state index contributed by atoms with van der Waals surface area (Å²) in [6, 6.07) is 14.6. The third-order valence-corrected chi connectivity index (χ3v) is 6.38. The molecule has 1 heterocycles. The summed E-state index contributed by atoms with van der Waals surface area (Å²) in [7, 11) is -4.02. The first-order chi connectivity index (χ1) is 13.2. The zero-order valence-corrected chi connectivity index (χ0v) is 16.5. The lowest BCUT2D eigenvalue weighted by molar-refractivity contribution is 0.0226. The lowest BCUT2D eigenvalue weighted by Crippen LogP contribution is -2.39. The summed E-state index contributed by atoms with van der Waals surface area (Å²) in [6.07, 6.45) is -0.823. The van der Waals surface area contributed by atoms with E-state index in [4.69, 9.17) is 4.55 Å². The van der Waals surface area contributed by atoms with E-state index in [2.05, 4.69) is 29.6 Å². The third kappa shape index (κ3) is 5.16. The molecule has 152 valence electrons. The summed E-state index contributed by atoms with van der Waals surface area (Å²) in [6.45, 7) is 3.97. The van der Waals surface area contributed by atoms with Crippen LogP contribution in [0.15, 0.2) is 53.4 Å². The molecule has 4 rings (SSSR count). The van der Waals surface area contributed by atoms with Gasteiger partial charge in [0.05, 0.1) is 4.90 Å². The van der Waals surface area contributed by atoms with Crippen molar-refractivity contribution in [3.8, 4) is 0 Å². The predicted octanol–water partition coefficient (Wildman–Crippen LogP) is 4.37. The van der Waals surface area contributed by atoms with Crippen molar-refractivity contribution in [3.05, 3.63) is 65.2 Å². The molecule has 28 heavy (non-hydrogen) atoms. The molecule has 0 spiro atoms. The quantitative estimate of drug-likeness (QED) is 0.736. The van der Waals surface area contributed by atoms with Crippen LogP contribution in [-0.2, 0) is 10.1 Å². The van der Waals surface area contributed by atoms with Gasteiger partial charge in [-0.25, -0.2) is 8.78 Å². The van der Waals surface area contributed by atoms with Gasteiger partial charge < -0.3 is 5.32 Å². The zero-order valence-electron chi connectivity index (χ0n) is 15.7. The van der Waals surface area contributed by atoms with Crippen LogP contribution < -0.4 is 5.32 Å². The SMILES string of the molecule is Cc1ccc(S(=O)(=O)O)cc1.FC(F)C1CC(c2ccc(C3CNC3)cc2)C1. The number of halogens is 2. The molecule has 2 aliphatic rings. The van der Waals surface area contributed by atoms with Gasteiger partial charge in [-0.3, -0.25) is 4.55 Å². The molecule has 4 nitrogen and oxygen atoms in total. The van der Waals surface area contributed by atoms with Gasteiger partial charge in [0.2, 0.25) is 6.43 Å². The highest BCUT2D eigenvalue weighted by Crippen LogP contribution is 2.44. The van der Waals surface area contributed by atoms with Crippen molar-refractivity contribution in [3.63, 3.8) is 0 Å². The molecule has 7 heteroatoms. The zero-order chi connectivity index (χ0) is 20.3. The summed E-state index contributed by atoms with van der Waals surface area (Å²) in [5, 5.41) is 3.25. The normalized spacial score (nSPS) is 22.0. The van der Waals surface area contributed by atoms with Crippen LogP contribution in [0.2, 0.25) is 0 Å². The number of alkyl halides is 2. The number of aryl methyl sites for hydroxylation is 1. The molecule has 1 aliphatic heterocycles. The van der Waals surface area contributed by atoms with Gasteiger partial charge in [-0.2, -0.15) is 8.42 Å². The van der Waals surface area contributed by atoms with Crippen LogP contribution in [0, 0.1) is 12.8 Å². The Kier molecular flexibility index (Phi) is 6.47. The lowest BCUT2D eigenvalue weighted by Gasteiger charge is -2.35. The molecule has 0 aromatic heterocycles. The second-order valence-electron chi connectivity index (χ2n) is 7.57. The molecule has 2 fully saturated rings. The van der Waals surface area contributed by atoms with Crippen LogP contribution in [0.25, 0.3) is 0 Å². The molecule has 1 saturated heterocycles.